The van der Waals surface area contributed by atoms with Crippen LogP contribution in [0.15, 0.2) is 0 Å². The summed E-state index contributed by atoms with van der Waals surface area (Å²) in [6.07, 6.45) is 1.16. The molecule has 1 rings (SSSR count). The van der Waals surface area contributed by atoms with Crippen LogP contribution in [0.5, 0.6) is 0 Å². The van der Waals surface area contributed by atoms with Crippen LogP contribution in [0, 0.1) is 0 Å². The van der Waals surface area contributed by atoms with Gasteiger partial charge in [0, 0.05) is 25.2 Å². The van der Waals surface area contributed by atoms with Gasteiger partial charge in [0.1, 0.15) is 0 Å². The second-order valence-corrected chi connectivity index (χ2v) is 2.80. The van der Waals surface area contributed by atoms with Gasteiger partial charge in [-0.3, -0.25) is 0 Å². The molecule has 0 amide bonds. The molecule has 0 aliphatic carbocycles. The molecular formula is C7H16N2O. The molecule has 0 aromatic rings. The smallest absolute Gasteiger partial charge is 0.0597 e. The Hall–Kier alpha value is -0.120. The molecule has 1 aliphatic heterocycles. The van der Waals surface area contributed by atoms with Crippen molar-refractivity contribution in [2.75, 3.05) is 19.7 Å². The molecule has 1 fully saturated rings. The zero-order valence-corrected chi connectivity index (χ0v) is 6.43. The zero-order valence-electron chi connectivity index (χ0n) is 6.43. The quantitative estimate of drug-likeness (QED) is 0.481. The normalized spacial score (nSPS) is 34.2. The molecule has 10 heavy (non-hydrogen) atoms. The number of rotatable bonds is 2. The van der Waals surface area contributed by atoms with Crippen LogP contribution in [-0.4, -0.2) is 36.9 Å². The third-order valence-corrected chi connectivity index (χ3v) is 2.02. The van der Waals surface area contributed by atoms with Crippen molar-refractivity contribution in [2.45, 2.75) is 25.4 Å². The molecule has 0 saturated carbocycles. The Balaban J connectivity index is 2.17. The summed E-state index contributed by atoms with van der Waals surface area (Å²) in [5, 5.41) is 15.4. The van der Waals surface area contributed by atoms with E-state index in [1.165, 1.54) is 0 Å². The fourth-order valence-corrected chi connectivity index (χ4v) is 1.18. The van der Waals surface area contributed by atoms with Crippen molar-refractivity contribution in [3.05, 3.63) is 0 Å². The summed E-state index contributed by atoms with van der Waals surface area (Å²) in [6, 6.07) is 0.866. The van der Waals surface area contributed by atoms with Crippen LogP contribution in [0.1, 0.15) is 13.3 Å². The van der Waals surface area contributed by atoms with Gasteiger partial charge in [-0.05, 0) is 6.42 Å². The third-order valence-electron chi connectivity index (χ3n) is 2.02. The lowest BCUT2D eigenvalue weighted by Crippen LogP contribution is -2.55. The highest BCUT2D eigenvalue weighted by Crippen LogP contribution is 1.95. The highest BCUT2D eigenvalue weighted by molar-refractivity contribution is 4.81. The van der Waals surface area contributed by atoms with E-state index in [9.17, 15) is 0 Å². The van der Waals surface area contributed by atoms with Gasteiger partial charge in [0.05, 0.1) is 6.61 Å². The standard InChI is InChI=1S/C7H16N2O/c1-2-6-3-9-7(5-10)4-8-6/h6-10H,2-5H2,1H3/t6-,7-/m1/s1. The van der Waals surface area contributed by atoms with E-state index in [4.69, 9.17) is 5.11 Å². The lowest BCUT2D eigenvalue weighted by atomic mass is 10.1. The molecule has 1 aliphatic rings. The Morgan fingerprint density at radius 1 is 1.30 bits per heavy atom. The van der Waals surface area contributed by atoms with Crippen LogP contribution in [0.3, 0.4) is 0 Å². The maximum atomic E-state index is 8.75. The molecule has 3 nitrogen and oxygen atoms in total. The monoisotopic (exact) mass is 144 g/mol. The maximum absolute atomic E-state index is 8.75. The van der Waals surface area contributed by atoms with Crippen molar-refractivity contribution in [3.63, 3.8) is 0 Å². The summed E-state index contributed by atoms with van der Waals surface area (Å²) >= 11 is 0. The highest BCUT2D eigenvalue weighted by Gasteiger charge is 2.16. The maximum Gasteiger partial charge on any atom is 0.0597 e. The van der Waals surface area contributed by atoms with Crippen molar-refractivity contribution in [1.82, 2.24) is 10.6 Å². The van der Waals surface area contributed by atoms with E-state index >= 15 is 0 Å². The van der Waals surface area contributed by atoms with Crippen LogP contribution in [0.2, 0.25) is 0 Å². The summed E-state index contributed by atoms with van der Waals surface area (Å²) in [4.78, 5) is 0. The fraction of sp³-hybridized carbons (Fsp3) is 1.00. The molecule has 3 N–H and O–H groups in total. The van der Waals surface area contributed by atoms with E-state index in [2.05, 4.69) is 17.6 Å². The summed E-state index contributed by atoms with van der Waals surface area (Å²) in [5.74, 6) is 0. The SMILES string of the molecule is CC[C@@H]1CN[C@@H](CO)CN1. The van der Waals surface area contributed by atoms with Gasteiger partial charge >= 0.3 is 0 Å². The Kier molecular flexibility index (Phi) is 3.12. The Morgan fingerprint density at radius 3 is 2.30 bits per heavy atom. The van der Waals surface area contributed by atoms with Crippen LogP contribution >= 0.6 is 0 Å². The van der Waals surface area contributed by atoms with Gasteiger partial charge in [-0.25, -0.2) is 0 Å². The van der Waals surface area contributed by atoms with Crippen LogP contribution < -0.4 is 10.6 Å². The molecule has 3 heteroatoms. The number of hydrogen-bond acceptors (Lipinski definition) is 3. The molecule has 0 aromatic heterocycles. The van der Waals surface area contributed by atoms with Crippen LogP contribution in [0.4, 0.5) is 0 Å². The van der Waals surface area contributed by atoms with Gasteiger partial charge in [-0.2, -0.15) is 0 Å². The molecule has 0 spiro atoms. The first-order valence-corrected chi connectivity index (χ1v) is 3.94. The van der Waals surface area contributed by atoms with E-state index < -0.39 is 0 Å². The Morgan fingerprint density at radius 2 is 1.90 bits per heavy atom. The lowest BCUT2D eigenvalue weighted by Gasteiger charge is -2.29. The predicted octanol–water partition coefficient (Wildman–Crippen LogP) is -0.681. The molecule has 1 heterocycles. The van der Waals surface area contributed by atoms with E-state index in [-0.39, 0.29) is 12.6 Å². The van der Waals surface area contributed by atoms with E-state index in [1.807, 2.05) is 0 Å². The third kappa shape index (κ3) is 1.94. The molecule has 1 saturated heterocycles. The first kappa shape index (κ1) is 7.98. The van der Waals surface area contributed by atoms with Crippen molar-refractivity contribution in [1.29, 1.82) is 0 Å². The average Bonchev–Trinajstić information content (AvgIpc) is 2.05. The van der Waals surface area contributed by atoms with E-state index in [1.54, 1.807) is 0 Å². The van der Waals surface area contributed by atoms with Gasteiger partial charge in [0.15, 0.2) is 0 Å². The van der Waals surface area contributed by atoms with Crippen LogP contribution in [0.25, 0.3) is 0 Å². The number of nitrogens with one attached hydrogen (secondary N) is 2. The minimum atomic E-state index is 0.240. The fourth-order valence-electron chi connectivity index (χ4n) is 1.18. The molecule has 0 radical (unpaired) electrons. The zero-order chi connectivity index (χ0) is 7.40. The highest BCUT2D eigenvalue weighted by atomic mass is 16.3. The van der Waals surface area contributed by atoms with Crippen molar-refractivity contribution in [2.24, 2.45) is 0 Å². The number of hydrogen-bond donors (Lipinski definition) is 3. The summed E-state index contributed by atoms with van der Waals surface area (Å²) in [7, 11) is 0. The number of aliphatic hydroxyl groups excluding tert-OH is 1. The first-order chi connectivity index (χ1) is 4.86. The molecular weight excluding hydrogens is 128 g/mol. The van der Waals surface area contributed by atoms with Gasteiger partial charge < -0.3 is 15.7 Å². The lowest BCUT2D eigenvalue weighted by molar-refractivity contribution is 0.211. The average molecular weight is 144 g/mol. The minimum absolute atomic E-state index is 0.240. The summed E-state index contributed by atoms with van der Waals surface area (Å²) in [5.41, 5.74) is 0. The topological polar surface area (TPSA) is 44.3 Å². The number of piperazine rings is 1. The molecule has 2 atom stereocenters. The van der Waals surface area contributed by atoms with E-state index in [0.29, 0.717) is 6.04 Å². The second-order valence-electron chi connectivity index (χ2n) is 2.80. The van der Waals surface area contributed by atoms with Crippen molar-refractivity contribution >= 4 is 0 Å². The van der Waals surface area contributed by atoms with Gasteiger partial charge in [0.2, 0.25) is 0 Å². The largest absolute Gasteiger partial charge is 0.395 e. The van der Waals surface area contributed by atoms with Gasteiger partial charge in [-0.15, -0.1) is 0 Å². The van der Waals surface area contributed by atoms with Gasteiger partial charge in [-0.1, -0.05) is 6.92 Å². The molecule has 0 bridgehead atoms. The Bertz CT molecular complexity index is 77.6. The summed E-state index contributed by atoms with van der Waals surface area (Å²) < 4.78 is 0. The van der Waals surface area contributed by atoms with Crippen molar-refractivity contribution in [3.8, 4) is 0 Å². The number of aliphatic hydroxyl groups is 1. The summed E-state index contributed by atoms with van der Waals surface area (Å²) in [6.45, 7) is 4.29. The molecule has 60 valence electrons. The first-order valence-electron chi connectivity index (χ1n) is 3.94. The van der Waals surface area contributed by atoms with E-state index in [0.717, 1.165) is 19.5 Å². The molecule has 0 unspecified atom stereocenters. The van der Waals surface area contributed by atoms with Crippen LogP contribution in [-0.2, 0) is 0 Å². The minimum Gasteiger partial charge on any atom is -0.395 e. The second kappa shape index (κ2) is 3.91. The molecule has 0 aromatic carbocycles. The Labute approximate surface area is 61.8 Å². The van der Waals surface area contributed by atoms with Gasteiger partial charge in [0.25, 0.3) is 0 Å². The van der Waals surface area contributed by atoms with Crippen molar-refractivity contribution < 1.29 is 5.11 Å². The predicted molar refractivity (Wildman–Crippen MR) is 41.0 cm³/mol.